The van der Waals surface area contributed by atoms with Crippen LogP contribution < -0.4 is 5.32 Å². The van der Waals surface area contributed by atoms with Crippen molar-refractivity contribution in [3.8, 4) is 22.9 Å². The number of nitrogens with one attached hydrogen (secondary N) is 1. The molecular formula is C29H25N3O. The van der Waals surface area contributed by atoms with Crippen LogP contribution in [0.15, 0.2) is 90.5 Å². The Labute approximate surface area is 194 Å². The number of hydrogen-bond donors (Lipinski definition) is 1. The van der Waals surface area contributed by atoms with E-state index in [1.165, 1.54) is 5.56 Å². The maximum Gasteiger partial charge on any atom is 0.266 e. The number of nitrogens with zero attached hydrogens (tertiary/aromatic N) is 2. The monoisotopic (exact) mass is 431 g/mol. The fourth-order valence-electron chi connectivity index (χ4n) is 3.99. The second kappa shape index (κ2) is 9.42. The number of aryl methyl sites for hydroxylation is 2. The lowest BCUT2D eigenvalue weighted by atomic mass is 10.1. The van der Waals surface area contributed by atoms with Crippen molar-refractivity contribution in [2.45, 2.75) is 20.8 Å². The number of carbonyl (C=O) groups excluding carboxylic acids is 1. The largest absolute Gasteiger partial charge is 0.321 e. The molecule has 0 spiro atoms. The number of aromatic nitrogens is 1. The van der Waals surface area contributed by atoms with Crippen LogP contribution in [0.5, 0.6) is 0 Å². The van der Waals surface area contributed by atoms with Gasteiger partial charge in [0, 0.05) is 22.8 Å². The van der Waals surface area contributed by atoms with Crippen LogP contribution in [-0.2, 0) is 4.79 Å². The highest BCUT2D eigenvalue weighted by Crippen LogP contribution is 2.26. The van der Waals surface area contributed by atoms with Crippen molar-refractivity contribution < 1.29 is 4.79 Å². The molecular weight excluding hydrogens is 406 g/mol. The Bertz CT molecular complexity index is 1370. The Morgan fingerprint density at radius 3 is 2.24 bits per heavy atom. The number of nitriles is 1. The third kappa shape index (κ3) is 4.78. The summed E-state index contributed by atoms with van der Waals surface area (Å²) in [5.41, 5.74) is 7.98. The first-order valence-corrected chi connectivity index (χ1v) is 10.8. The molecule has 4 rings (SSSR count). The molecule has 0 aliphatic rings. The van der Waals surface area contributed by atoms with Gasteiger partial charge in [0.25, 0.3) is 5.91 Å². The van der Waals surface area contributed by atoms with E-state index in [1.807, 2.05) is 75.4 Å². The third-order valence-corrected chi connectivity index (χ3v) is 5.64. The molecule has 0 unspecified atom stereocenters. The Morgan fingerprint density at radius 2 is 1.58 bits per heavy atom. The van der Waals surface area contributed by atoms with Crippen LogP contribution in [0.3, 0.4) is 0 Å². The van der Waals surface area contributed by atoms with Crippen LogP contribution in [0.25, 0.3) is 22.9 Å². The van der Waals surface area contributed by atoms with Gasteiger partial charge in [0.15, 0.2) is 0 Å². The lowest BCUT2D eigenvalue weighted by Crippen LogP contribution is -2.13. The predicted molar refractivity (Wildman–Crippen MR) is 134 cm³/mol. The minimum Gasteiger partial charge on any atom is -0.321 e. The van der Waals surface area contributed by atoms with Crippen molar-refractivity contribution in [3.05, 3.63) is 113 Å². The Balaban J connectivity index is 1.62. The fourth-order valence-corrected chi connectivity index (χ4v) is 3.99. The summed E-state index contributed by atoms with van der Waals surface area (Å²) in [7, 11) is 0. The third-order valence-electron chi connectivity index (χ3n) is 5.64. The standard InChI is InChI=1S/C29H25N3O/c1-20-8-7-11-27(16-20)31-29(33)26(19-30)18-25-17-21(2)32(22(25)3)28-14-12-24(13-15-28)23-9-5-4-6-10-23/h4-18H,1-3H3,(H,31,33)/b26-18+. The number of amides is 1. The summed E-state index contributed by atoms with van der Waals surface area (Å²) in [4.78, 5) is 12.7. The van der Waals surface area contributed by atoms with Crippen molar-refractivity contribution in [2.24, 2.45) is 0 Å². The topological polar surface area (TPSA) is 57.8 Å². The Kier molecular flexibility index (Phi) is 6.24. The molecule has 4 nitrogen and oxygen atoms in total. The molecule has 162 valence electrons. The van der Waals surface area contributed by atoms with Crippen molar-refractivity contribution in [3.63, 3.8) is 0 Å². The molecule has 4 aromatic rings. The molecule has 0 aliphatic carbocycles. The van der Waals surface area contributed by atoms with Crippen LogP contribution >= 0.6 is 0 Å². The molecule has 1 amide bonds. The van der Waals surface area contributed by atoms with E-state index in [-0.39, 0.29) is 5.57 Å². The Hall–Kier alpha value is -4.36. The highest BCUT2D eigenvalue weighted by molar-refractivity contribution is 6.09. The molecule has 33 heavy (non-hydrogen) atoms. The van der Waals surface area contributed by atoms with E-state index in [2.05, 4.69) is 46.3 Å². The minimum absolute atomic E-state index is 0.0659. The van der Waals surface area contributed by atoms with Crippen LogP contribution in [0.2, 0.25) is 0 Å². The van der Waals surface area contributed by atoms with Gasteiger partial charge in [-0.15, -0.1) is 0 Å². The zero-order chi connectivity index (χ0) is 23.4. The van der Waals surface area contributed by atoms with E-state index in [0.717, 1.165) is 33.8 Å². The normalized spacial score (nSPS) is 11.2. The molecule has 0 radical (unpaired) electrons. The van der Waals surface area contributed by atoms with Gasteiger partial charge in [-0.05, 0) is 79.4 Å². The summed E-state index contributed by atoms with van der Waals surface area (Å²) in [5.74, 6) is -0.417. The lowest BCUT2D eigenvalue weighted by molar-refractivity contribution is -0.112. The van der Waals surface area contributed by atoms with E-state index in [0.29, 0.717) is 5.69 Å². The maximum absolute atomic E-state index is 12.7. The Morgan fingerprint density at radius 1 is 0.879 bits per heavy atom. The molecule has 4 heteroatoms. The maximum atomic E-state index is 12.7. The van der Waals surface area contributed by atoms with Gasteiger partial charge >= 0.3 is 0 Å². The summed E-state index contributed by atoms with van der Waals surface area (Å²) < 4.78 is 2.13. The molecule has 0 fully saturated rings. The number of anilines is 1. The summed E-state index contributed by atoms with van der Waals surface area (Å²) in [6, 6.07) is 30.2. The van der Waals surface area contributed by atoms with Crippen molar-refractivity contribution in [2.75, 3.05) is 5.32 Å². The van der Waals surface area contributed by atoms with Crippen molar-refractivity contribution in [1.29, 1.82) is 5.26 Å². The first kappa shape index (κ1) is 21.9. The van der Waals surface area contributed by atoms with Gasteiger partial charge in [-0.25, -0.2) is 0 Å². The number of carbonyl (C=O) groups is 1. The molecule has 0 saturated heterocycles. The average Bonchev–Trinajstić information content (AvgIpc) is 3.10. The minimum atomic E-state index is -0.417. The van der Waals surface area contributed by atoms with Crippen molar-refractivity contribution >= 4 is 17.7 Å². The smallest absolute Gasteiger partial charge is 0.266 e. The van der Waals surface area contributed by atoms with E-state index >= 15 is 0 Å². The molecule has 0 aliphatic heterocycles. The molecule has 0 saturated carbocycles. The first-order chi connectivity index (χ1) is 16.0. The first-order valence-electron chi connectivity index (χ1n) is 10.8. The molecule has 0 bridgehead atoms. The van der Waals surface area contributed by atoms with Gasteiger partial charge < -0.3 is 9.88 Å². The molecule has 1 aromatic heterocycles. The zero-order valence-electron chi connectivity index (χ0n) is 19.0. The van der Waals surface area contributed by atoms with Gasteiger partial charge in [-0.1, -0.05) is 54.6 Å². The van der Waals surface area contributed by atoms with Gasteiger partial charge in [-0.2, -0.15) is 5.26 Å². The van der Waals surface area contributed by atoms with Crippen molar-refractivity contribution in [1.82, 2.24) is 4.57 Å². The lowest BCUT2D eigenvalue weighted by Gasteiger charge is -2.11. The SMILES string of the molecule is Cc1cccc(NC(=O)/C(C#N)=C/c2cc(C)n(-c3ccc(-c4ccccc4)cc3)c2C)c1. The van der Waals surface area contributed by atoms with Gasteiger partial charge in [0.05, 0.1) is 0 Å². The summed E-state index contributed by atoms with van der Waals surface area (Å²) in [5, 5.41) is 12.4. The van der Waals surface area contributed by atoms with Gasteiger partial charge in [0.2, 0.25) is 0 Å². The second-order valence-electron chi connectivity index (χ2n) is 8.07. The highest BCUT2D eigenvalue weighted by atomic mass is 16.1. The molecule has 3 aromatic carbocycles. The van der Waals surface area contributed by atoms with Crippen LogP contribution in [0.4, 0.5) is 5.69 Å². The highest BCUT2D eigenvalue weighted by Gasteiger charge is 2.14. The van der Waals surface area contributed by atoms with E-state index in [9.17, 15) is 10.1 Å². The quantitative estimate of drug-likeness (QED) is 0.285. The van der Waals surface area contributed by atoms with Crippen LogP contribution in [-0.4, -0.2) is 10.5 Å². The van der Waals surface area contributed by atoms with E-state index in [4.69, 9.17) is 0 Å². The second-order valence-corrected chi connectivity index (χ2v) is 8.07. The van der Waals surface area contributed by atoms with Gasteiger partial charge in [-0.3, -0.25) is 4.79 Å². The number of benzene rings is 3. The predicted octanol–water partition coefficient (Wildman–Crippen LogP) is 6.62. The molecule has 1 heterocycles. The van der Waals surface area contributed by atoms with E-state index in [1.54, 1.807) is 6.08 Å². The fraction of sp³-hybridized carbons (Fsp3) is 0.103. The average molecular weight is 432 g/mol. The van der Waals surface area contributed by atoms with Crippen LogP contribution in [0.1, 0.15) is 22.5 Å². The molecule has 1 N–H and O–H groups in total. The molecule has 0 atom stereocenters. The number of rotatable bonds is 5. The summed E-state index contributed by atoms with van der Waals surface area (Å²) >= 11 is 0. The summed E-state index contributed by atoms with van der Waals surface area (Å²) in [6.45, 7) is 5.98. The van der Waals surface area contributed by atoms with Gasteiger partial charge in [0.1, 0.15) is 11.6 Å². The van der Waals surface area contributed by atoms with Crippen LogP contribution in [0, 0.1) is 32.1 Å². The van der Waals surface area contributed by atoms with E-state index < -0.39 is 5.91 Å². The zero-order valence-corrected chi connectivity index (χ0v) is 19.0. The summed E-state index contributed by atoms with van der Waals surface area (Å²) in [6.07, 6.45) is 1.66. The number of hydrogen-bond acceptors (Lipinski definition) is 2.